The van der Waals surface area contributed by atoms with E-state index in [2.05, 4.69) is 21.7 Å². The van der Waals surface area contributed by atoms with Gasteiger partial charge in [-0.25, -0.2) is 4.98 Å². The molecule has 0 spiro atoms. The molecule has 2 N–H and O–H groups in total. The van der Waals surface area contributed by atoms with E-state index in [1.54, 1.807) is 51.6 Å². The number of nitrogens with zero attached hydrogens (tertiary/aromatic N) is 3. The van der Waals surface area contributed by atoms with Gasteiger partial charge in [-0.05, 0) is 79.2 Å². The zero-order valence-electron chi connectivity index (χ0n) is 24.3. The van der Waals surface area contributed by atoms with Crippen molar-refractivity contribution in [1.82, 2.24) is 14.8 Å². The van der Waals surface area contributed by atoms with Crippen LogP contribution in [0.15, 0.2) is 76.7 Å². The predicted octanol–water partition coefficient (Wildman–Crippen LogP) is 5.05. The SMILES string of the molecule is CC(=O)N1CCC[C@H]1C(=O)Nc1ccc(-c2cnc(-c3ccc(NC(=O)C4CC(=O)N(CCc5cccs5)C4)cc3)o2)cc1. The Morgan fingerprint density at radius 1 is 0.977 bits per heavy atom. The third-order valence-electron chi connectivity index (χ3n) is 8.10. The van der Waals surface area contributed by atoms with Gasteiger partial charge in [-0.1, -0.05) is 6.07 Å². The molecule has 2 atom stereocenters. The molecular formula is C33H33N5O5S. The maximum atomic E-state index is 12.9. The maximum absolute atomic E-state index is 12.9. The minimum absolute atomic E-state index is 0.0150. The highest BCUT2D eigenvalue weighted by atomic mass is 32.1. The standard InChI is InChI=1S/C33H33N5O5S/c1-21(39)38-15-2-5-28(38)32(42)36-26-10-6-22(7-11-26)29-19-34-33(43-29)23-8-12-25(13-9-23)35-31(41)24-18-30(40)37(20-24)16-14-27-4-3-17-44-27/h3-4,6-13,17,19,24,28H,2,5,14-16,18,20H2,1H3,(H,35,41)(H,36,42)/t24?,28-/m0/s1. The van der Waals surface area contributed by atoms with E-state index in [0.717, 1.165) is 24.0 Å². The Hall–Kier alpha value is -4.77. The fraction of sp³-hybridized carbons (Fsp3) is 0.303. The van der Waals surface area contributed by atoms with Gasteiger partial charge in [0.1, 0.15) is 6.04 Å². The number of carbonyl (C=O) groups excluding carboxylic acids is 4. The van der Waals surface area contributed by atoms with E-state index in [1.807, 2.05) is 35.7 Å². The first-order chi connectivity index (χ1) is 21.3. The molecule has 226 valence electrons. The third-order valence-corrected chi connectivity index (χ3v) is 9.03. The van der Waals surface area contributed by atoms with Gasteiger partial charge in [-0.3, -0.25) is 19.2 Å². The van der Waals surface area contributed by atoms with Gasteiger partial charge >= 0.3 is 0 Å². The van der Waals surface area contributed by atoms with E-state index < -0.39 is 6.04 Å². The number of aromatic nitrogens is 1. The zero-order chi connectivity index (χ0) is 30.6. The molecule has 1 unspecified atom stereocenters. The van der Waals surface area contributed by atoms with Crippen LogP contribution in [0.1, 0.15) is 31.1 Å². The number of rotatable bonds is 9. The van der Waals surface area contributed by atoms with Gasteiger partial charge < -0.3 is 24.9 Å². The van der Waals surface area contributed by atoms with E-state index in [1.165, 1.54) is 11.8 Å². The third kappa shape index (κ3) is 6.57. The summed E-state index contributed by atoms with van der Waals surface area (Å²) in [6, 6.07) is 18.1. The summed E-state index contributed by atoms with van der Waals surface area (Å²) >= 11 is 1.67. The Labute approximate surface area is 259 Å². The minimum Gasteiger partial charge on any atom is -0.436 e. The summed E-state index contributed by atoms with van der Waals surface area (Å²) in [5.74, 6) is 0.205. The lowest BCUT2D eigenvalue weighted by molar-refractivity contribution is -0.134. The molecule has 2 aliphatic heterocycles. The molecule has 4 amide bonds. The fourth-order valence-electron chi connectivity index (χ4n) is 5.70. The van der Waals surface area contributed by atoms with Gasteiger partial charge in [-0.2, -0.15) is 0 Å². The molecule has 44 heavy (non-hydrogen) atoms. The number of carbonyl (C=O) groups is 4. The Kier molecular flexibility index (Phi) is 8.56. The van der Waals surface area contributed by atoms with Crippen LogP contribution < -0.4 is 10.6 Å². The Morgan fingerprint density at radius 3 is 2.36 bits per heavy atom. The first-order valence-corrected chi connectivity index (χ1v) is 15.6. The summed E-state index contributed by atoms with van der Waals surface area (Å²) in [7, 11) is 0. The highest BCUT2D eigenvalue weighted by molar-refractivity contribution is 7.09. The predicted molar refractivity (Wildman–Crippen MR) is 168 cm³/mol. The van der Waals surface area contributed by atoms with E-state index in [4.69, 9.17) is 4.42 Å². The number of likely N-dealkylation sites (tertiary alicyclic amines) is 2. The molecule has 0 saturated carbocycles. The second-order valence-corrected chi connectivity index (χ2v) is 12.1. The zero-order valence-corrected chi connectivity index (χ0v) is 25.1. The number of anilines is 2. The second kappa shape index (κ2) is 12.8. The fourth-order valence-corrected chi connectivity index (χ4v) is 6.40. The summed E-state index contributed by atoms with van der Waals surface area (Å²) in [5, 5.41) is 7.86. The lowest BCUT2D eigenvalue weighted by Crippen LogP contribution is -2.42. The molecule has 11 heteroatoms. The smallest absolute Gasteiger partial charge is 0.247 e. The molecule has 0 aliphatic carbocycles. The van der Waals surface area contributed by atoms with Crippen molar-refractivity contribution in [3.8, 4) is 22.8 Å². The van der Waals surface area contributed by atoms with Crippen molar-refractivity contribution in [2.45, 2.75) is 38.6 Å². The van der Waals surface area contributed by atoms with Crippen molar-refractivity contribution >= 4 is 46.3 Å². The van der Waals surface area contributed by atoms with Crippen LogP contribution in [0.25, 0.3) is 22.8 Å². The quantitative estimate of drug-likeness (QED) is 0.273. The molecular weight excluding hydrogens is 578 g/mol. The summed E-state index contributed by atoms with van der Waals surface area (Å²) in [5.41, 5.74) is 2.82. The molecule has 6 rings (SSSR count). The van der Waals surface area contributed by atoms with Gasteiger partial charge in [0.25, 0.3) is 0 Å². The van der Waals surface area contributed by atoms with E-state index in [0.29, 0.717) is 49.1 Å². The van der Waals surface area contributed by atoms with Gasteiger partial charge in [-0.15, -0.1) is 11.3 Å². The van der Waals surface area contributed by atoms with Crippen molar-refractivity contribution < 1.29 is 23.6 Å². The average Bonchev–Trinajstić information content (AvgIpc) is 3.84. The molecule has 2 aromatic heterocycles. The van der Waals surface area contributed by atoms with E-state index in [9.17, 15) is 19.2 Å². The van der Waals surface area contributed by atoms with Crippen molar-refractivity contribution in [2.24, 2.45) is 5.92 Å². The number of oxazole rings is 1. The highest BCUT2D eigenvalue weighted by Crippen LogP contribution is 2.29. The van der Waals surface area contributed by atoms with E-state index >= 15 is 0 Å². The second-order valence-electron chi connectivity index (χ2n) is 11.1. The topological polar surface area (TPSA) is 125 Å². The Morgan fingerprint density at radius 2 is 1.68 bits per heavy atom. The minimum atomic E-state index is -0.437. The number of hydrogen-bond acceptors (Lipinski definition) is 7. The van der Waals surface area contributed by atoms with Crippen LogP contribution >= 0.6 is 11.3 Å². The van der Waals surface area contributed by atoms with Crippen LogP contribution in [-0.2, 0) is 25.6 Å². The molecule has 0 bridgehead atoms. The van der Waals surface area contributed by atoms with Crippen molar-refractivity contribution in [1.29, 1.82) is 0 Å². The summed E-state index contributed by atoms with van der Waals surface area (Å²) in [6.07, 6.45) is 4.14. The molecule has 2 aromatic carbocycles. The largest absolute Gasteiger partial charge is 0.436 e. The molecule has 10 nitrogen and oxygen atoms in total. The molecule has 4 heterocycles. The van der Waals surface area contributed by atoms with Crippen LogP contribution in [0.2, 0.25) is 0 Å². The number of amides is 4. The van der Waals surface area contributed by atoms with Gasteiger partial charge in [0.2, 0.25) is 29.5 Å². The number of benzene rings is 2. The van der Waals surface area contributed by atoms with Gasteiger partial charge in [0, 0.05) is 60.4 Å². The van der Waals surface area contributed by atoms with Crippen LogP contribution in [0.5, 0.6) is 0 Å². The lowest BCUT2D eigenvalue weighted by Gasteiger charge is -2.22. The molecule has 2 aliphatic rings. The van der Waals surface area contributed by atoms with Crippen molar-refractivity contribution in [3.05, 3.63) is 77.1 Å². The highest BCUT2D eigenvalue weighted by Gasteiger charge is 2.34. The maximum Gasteiger partial charge on any atom is 0.247 e. The van der Waals surface area contributed by atoms with Crippen molar-refractivity contribution in [2.75, 3.05) is 30.3 Å². The van der Waals surface area contributed by atoms with Crippen LogP contribution in [0, 0.1) is 5.92 Å². The van der Waals surface area contributed by atoms with Gasteiger partial charge in [0.15, 0.2) is 5.76 Å². The van der Waals surface area contributed by atoms with Gasteiger partial charge in [0.05, 0.1) is 12.1 Å². The first kappa shape index (κ1) is 29.3. The number of thiophene rings is 1. The summed E-state index contributed by atoms with van der Waals surface area (Å²) in [4.78, 5) is 58.9. The first-order valence-electron chi connectivity index (χ1n) is 14.7. The summed E-state index contributed by atoms with van der Waals surface area (Å²) in [6.45, 7) is 3.15. The van der Waals surface area contributed by atoms with E-state index in [-0.39, 0.29) is 36.0 Å². The summed E-state index contributed by atoms with van der Waals surface area (Å²) < 4.78 is 6.00. The normalized spacial score (nSPS) is 18.1. The molecule has 2 fully saturated rings. The molecule has 2 saturated heterocycles. The number of nitrogens with one attached hydrogen (secondary N) is 2. The molecule has 0 radical (unpaired) electrons. The van der Waals surface area contributed by atoms with Crippen molar-refractivity contribution in [3.63, 3.8) is 0 Å². The Bertz CT molecular complexity index is 1650. The van der Waals surface area contributed by atoms with Crippen LogP contribution in [0.4, 0.5) is 11.4 Å². The molecule has 4 aromatic rings. The van der Waals surface area contributed by atoms with Crippen LogP contribution in [-0.4, -0.2) is 64.1 Å². The lowest BCUT2D eigenvalue weighted by atomic mass is 10.1. The Balaban J connectivity index is 1.02. The average molecular weight is 612 g/mol. The van der Waals surface area contributed by atoms with Crippen LogP contribution in [0.3, 0.4) is 0 Å². The number of hydrogen-bond donors (Lipinski definition) is 2. The monoisotopic (exact) mass is 611 g/mol.